The van der Waals surface area contributed by atoms with Gasteiger partial charge in [-0.1, -0.05) is 32.0 Å². The fourth-order valence-corrected chi connectivity index (χ4v) is 9.88. The number of nitrogens with one attached hydrogen (secondary N) is 4. The van der Waals surface area contributed by atoms with Crippen LogP contribution >= 0.6 is 0 Å². The number of likely N-dealkylation sites (tertiary alicyclic amines) is 2. The molecular weight excluding hydrogens is 793 g/mol. The molecule has 16 nitrogen and oxygen atoms in total. The van der Waals surface area contributed by atoms with E-state index in [4.69, 9.17) is 28.9 Å². The molecule has 2 aromatic heterocycles. The monoisotopic (exact) mass is 846 g/mol. The Kier molecular flexibility index (Phi) is 11.3. The van der Waals surface area contributed by atoms with Crippen LogP contribution in [0.2, 0.25) is 0 Å². The molecule has 0 radical (unpaired) electrons. The Labute approximate surface area is 359 Å². The minimum atomic E-state index is -0.719. The number of hydrogen-bond donors (Lipinski definition) is 4. The molecule has 5 aromatic rings. The van der Waals surface area contributed by atoms with Crippen molar-refractivity contribution in [3.05, 3.63) is 65.9 Å². The Morgan fingerprint density at radius 1 is 0.855 bits per heavy atom. The number of alkyl carbamates (subject to hydrolysis) is 2. The average molecular weight is 847 g/mol. The number of carbonyl (C=O) groups is 4. The largest absolute Gasteiger partial charge is 0.488 e. The zero-order valence-electron chi connectivity index (χ0n) is 35.8. The van der Waals surface area contributed by atoms with Gasteiger partial charge in [-0.25, -0.2) is 19.6 Å². The Bertz CT molecular complexity index is 2530. The number of aromatic amines is 2. The molecule has 5 atom stereocenters. The smallest absolute Gasteiger partial charge is 0.407 e. The summed E-state index contributed by atoms with van der Waals surface area (Å²) in [6.07, 6.45) is 5.08. The summed E-state index contributed by atoms with van der Waals surface area (Å²) in [7, 11) is 2.60. The first-order valence-corrected chi connectivity index (χ1v) is 21.7. The van der Waals surface area contributed by atoms with E-state index in [1.807, 2.05) is 42.8 Å². The van der Waals surface area contributed by atoms with Gasteiger partial charge in [-0.05, 0) is 104 Å². The van der Waals surface area contributed by atoms with Crippen LogP contribution in [0.25, 0.3) is 44.2 Å². The highest BCUT2D eigenvalue weighted by atomic mass is 16.5. The fraction of sp³-hybridized carbons (Fsp3) is 0.478. The van der Waals surface area contributed by atoms with Crippen LogP contribution in [0.15, 0.2) is 48.7 Å². The van der Waals surface area contributed by atoms with Crippen molar-refractivity contribution >= 4 is 45.8 Å². The molecule has 0 spiro atoms. The van der Waals surface area contributed by atoms with Crippen molar-refractivity contribution in [2.45, 2.75) is 96.1 Å². The van der Waals surface area contributed by atoms with Crippen LogP contribution in [0.3, 0.4) is 0 Å². The maximum Gasteiger partial charge on any atom is 0.407 e. The van der Waals surface area contributed by atoms with Crippen LogP contribution in [0.5, 0.6) is 5.75 Å². The van der Waals surface area contributed by atoms with Crippen molar-refractivity contribution in [3.8, 4) is 28.1 Å². The van der Waals surface area contributed by atoms with Crippen molar-refractivity contribution in [1.29, 1.82) is 0 Å². The van der Waals surface area contributed by atoms with Gasteiger partial charge in [-0.3, -0.25) is 9.59 Å². The Morgan fingerprint density at radius 3 is 2.42 bits per heavy atom. The van der Waals surface area contributed by atoms with E-state index in [1.54, 1.807) is 0 Å². The molecule has 9 rings (SSSR count). The Hall–Kier alpha value is -6.16. The topological polar surface area (TPSA) is 193 Å². The summed E-state index contributed by atoms with van der Waals surface area (Å²) in [6, 6.07) is 12.7. The predicted octanol–water partition coefficient (Wildman–Crippen LogP) is 6.91. The van der Waals surface area contributed by atoms with Gasteiger partial charge in [0, 0.05) is 36.8 Å². The van der Waals surface area contributed by atoms with E-state index in [0.717, 1.165) is 87.0 Å². The van der Waals surface area contributed by atoms with E-state index in [9.17, 15) is 19.2 Å². The van der Waals surface area contributed by atoms with Crippen molar-refractivity contribution in [3.63, 3.8) is 0 Å². The Balaban J connectivity index is 0.956. The van der Waals surface area contributed by atoms with Crippen LogP contribution in [-0.2, 0) is 30.4 Å². The molecule has 0 aliphatic carbocycles. The summed E-state index contributed by atoms with van der Waals surface area (Å²) in [6.45, 7) is 7.89. The molecule has 3 aromatic carbocycles. The van der Waals surface area contributed by atoms with Gasteiger partial charge in [-0.2, -0.15) is 0 Å². The molecule has 3 fully saturated rings. The second kappa shape index (κ2) is 17.0. The lowest BCUT2D eigenvalue weighted by Crippen LogP contribution is -2.53. The van der Waals surface area contributed by atoms with Crippen molar-refractivity contribution in [2.24, 2.45) is 11.8 Å². The summed E-state index contributed by atoms with van der Waals surface area (Å²) in [5, 5.41) is 7.52. The average Bonchev–Trinajstić information content (AvgIpc) is 4.12. The number of H-pyrrole nitrogens is 2. The molecule has 4 amide bonds. The lowest BCUT2D eigenvalue weighted by atomic mass is 9.90. The second-order valence-corrected chi connectivity index (χ2v) is 17.3. The van der Waals surface area contributed by atoms with Gasteiger partial charge < -0.3 is 49.3 Å². The molecule has 3 saturated heterocycles. The van der Waals surface area contributed by atoms with Crippen LogP contribution in [0.1, 0.15) is 88.6 Å². The van der Waals surface area contributed by atoms with E-state index in [1.165, 1.54) is 14.2 Å². The summed E-state index contributed by atoms with van der Waals surface area (Å²) in [4.78, 5) is 73.2. The van der Waals surface area contributed by atoms with E-state index >= 15 is 0 Å². The number of fused-ring (bicyclic) bond motifs is 6. The molecule has 4 N–H and O–H groups in total. The standard InChI is InChI=1S/C46H54N8O8/c1-24(2)38(51-45(57)59-4)44(56)54-25(3)8-13-36(54)41-47-22-34(49-41)28-9-11-30-29(19-28)23-62-37-21-31-27(20-32(30)37)10-12-33-40(31)50-42(48-33)35-7-6-16-53(35)43(55)39(52-46(58)60-5)26-14-17-61-18-15-26/h9-12,19-22,24-26,35-36,38-39H,6-8,13-18,23H2,1-5H3,(H,47,49)(H,48,50)(H,51,57)(H,52,58)/t25-,35-,36-,38-,39-/m0/s1. The molecular formula is C46H54N8O8. The molecule has 16 heteroatoms. The third-order valence-corrected chi connectivity index (χ3v) is 13.2. The first-order valence-electron chi connectivity index (χ1n) is 21.7. The number of ether oxygens (including phenoxy) is 4. The van der Waals surface area contributed by atoms with Crippen molar-refractivity contribution in [2.75, 3.05) is 34.0 Å². The van der Waals surface area contributed by atoms with Crippen LogP contribution in [0, 0.1) is 11.8 Å². The summed E-state index contributed by atoms with van der Waals surface area (Å²) in [5.74, 6) is 1.75. The number of methoxy groups -OCH3 is 2. The number of imidazole rings is 2. The minimum absolute atomic E-state index is 0.0168. The predicted molar refractivity (Wildman–Crippen MR) is 230 cm³/mol. The van der Waals surface area contributed by atoms with Gasteiger partial charge >= 0.3 is 12.2 Å². The SMILES string of the molecule is COC(=O)N[C@H](C(=O)N1[C@@H](C)CC[C@H]1c1ncc(-c2ccc3c(c2)COc2cc4c(ccc5[nH]c([C@@H]6CCCN6C(=O)[C@@H](NC(=O)OC)C6CCOCC6)nc54)cc2-3)[nH]1)C(C)C. The van der Waals surface area contributed by atoms with Crippen molar-refractivity contribution < 1.29 is 38.1 Å². The molecule has 4 aliphatic heterocycles. The number of hydrogen-bond acceptors (Lipinski definition) is 10. The molecule has 0 saturated carbocycles. The Morgan fingerprint density at radius 2 is 1.65 bits per heavy atom. The number of rotatable bonds is 9. The van der Waals surface area contributed by atoms with Crippen LogP contribution in [-0.4, -0.2) is 106 Å². The third-order valence-electron chi connectivity index (χ3n) is 13.2. The zero-order valence-corrected chi connectivity index (χ0v) is 35.8. The number of carbonyl (C=O) groups excluding carboxylic acids is 4. The number of benzene rings is 3. The van der Waals surface area contributed by atoms with Crippen LogP contribution < -0.4 is 15.4 Å². The highest BCUT2D eigenvalue weighted by Crippen LogP contribution is 2.44. The lowest BCUT2D eigenvalue weighted by Gasteiger charge is -2.34. The van der Waals surface area contributed by atoms with E-state index < -0.39 is 24.3 Å². The number of amides is 4. The van der Waals surface area contributed by atoms with E-state index in [0.29, 0.717) is 45.0 Å². The molecule has 0 unspecified atom stereocenters. The maximum atomic E-state index is 14.2. The van der Waals surface area contributed by atoms with Gasteiger partial charge in [-0.15, -0.1) is 0 Å². The molecule has 4 aliphatic rings. The van der Waals surface area contributed by atoms with Gasteiger partial charge in [0.25, 0.3) is 0 Å². The molecule has 62 heavy (non-hydrogen) atoms. The highest BCUT2D eigenvalue weighted by molar-refractivity contribution is 6.07. The molecule has 6 heterocycles. The minimum Gasteiger partial charge on any atom is -0.488 e. The highest BCUT2D eigenvalue weighted by Gasteiger charge is 2.42. The van der Waals surface area contributed by atoms with Crippen molar-refractivity contribution in [1.82, 2.24) is 40.4 Å². The molecule has 0 bridgehead atoms. The quantitative estimate of drug-likeness (QED) is 0.121. The van der Waals surface area contributed by atoms with Crippen LogP contribution in [0.4, 0.5) is 9.59 Å². The summed E-state index contributed by atoms with van der Waals surface area (Å²) >= 11 is 0. The third kappa shape index (κ3) is 7.58. The first-order chi connectivity index (χ1) is 30.0. The number of aromatic nitrogens is 4. The molecule has 326 valence electrons. The lowest BCUT2D eigenvalue weighted by molar-refractivity contribution is -0.137. The summed E-state index contributed by atoms with van der Waals surface area (Å²) in [5.41, 5.74) is 6.59. The van der Waals surface area contributed by atoms with E-state index in [2.05, 4.69) is 57.0 Å². The maximum absolute atomic E-state index is 14.2. The second-order valence-electron chi connectivity index (χ2n) is 17.3. The fourth-order valence-electron chi connectivity index (χ4n) is 9.88. The van der Waals surface area contributed by atoms with Gasteiger partial charge in [0.05, 0.1) is 49.2 Å². The van der Waals surface area contributed by atoms with Gasteiger partial charge in [0.2, 0.25) is 11.8 Å². The summed E-state index contributed by atoms with van der Waals surface area (Å²) < 4.78 is 21.7. The zero-order chi connectivity index (χ0) is 43.2. The van der Waals surface area contributed by atoms with Gasteiger partial charge in [0.1, 0.15) is 36.1 Å². The number of nitrogens with zero attached hydrogens (tertiary/aromatic N) is 4. The first kappa shape index (κ1) is 41.2. The normalized spacial score (nSPS) is 21.0. The van der Waals surface area contributed by atoms with Gasteiger partial charge in [0.15, 0.2) is 0 Å². The van der Waals surface area contributed by atoms with E-state index in [-0.39, 0.29) is 41.8 Å².